The summed E-state index contributed by atoms with van der Waals surface area (Å²) in [4.78, 5) is 12.1. The Balaban J connectivity index is 2.25. The lowest BCUT2D eigenvalue weighted by molar-refractivity contribution is -0.129. The summed E-state index contributed by atoms with van der Waals surface area (Å²) in [5.74, 6) is -0.453. The topological polar surface area (TPSA) is 49.3 Å². The van der Waals surface area contributed by atoms with E-state index >= 15 is 0 Å². The number of anilines is 1. The summed E-state index contributed by atoms with van der Waals surface area (Å²) in [7, 11) is 0. The third-order valence-electron chi connectivity index (χ3n) is 3.14. The Morgan fingerprint density at radius 3 is 2.56 bits per heavy atom. The number of hydrogen-bond donors (Lipinski definition) is 2. The molecule has 0 saturated heterocycles. The molecule has 0 bridgehead atoms. The molecular formula is C14H10ClNO2. The minimum absolute atomic E-state index is 0.453. The number of hydrogen-bond acceptors (Lipinski definition) is 2. The van der Waals surface area contributed by atoms with Crippen molar-refractivity contribution in [2.45, 2.75) is 5.60 Å². The molecule has 1 aliphatic rings. The molecule has 90 valence electrons. The molecule has 0 fully saturated rings. The Hall–Kier alpha value is -1.84. The van der Waals surface area contributed by atoms with Gasteiger partial charge in [0.25, 0.3) is 5.91 Å². The molecule has 2 N–H and O–H groups in total. The van der Waals surface area contributed by atoms with E-state index in [0.717, 1.165) is 0 Å². The van der Waals surface area contributed by atoms with Gasteiger partial charge in [-0.3, -0.25) is 4.79 Å². The summed E-state index contributed by atoms with van der Waals surface area (Å²) in [6.07, 6.45) is 0. The lowest BCUT2D eigenvalue weighted by Crippen LogP contribution is -2.35. The molecule has 0 unspecified atom stereocenters. The van der Waals surface area contributed by atoms with Crippen LogP contribution in [0.4, 0.5) is 5.69 Å². The normalized spacial score (nSPS) is 21.6. The van der Waals surface area contributed by atoms with Crippen LogP contribution in [0.1, 0.15) is 11.1 Å². The van der Waals surface area contributed by atoms with Crippen molar-refractivity contribution in [3.8, 4) is 0 Å². The van der Waals surface area contributed by atoms with Crippen LogP contribution in [0.3, 0.4) is 0 Å². The first-order chi connectivity index (χ1) is 8.62. The van der Waals surface area contributed by atoms with E-state index in [1.165, 1.54) is 0 Å². The summed E-state index contributed by atoms with van der Waals surface area (Å²) in [5, 5.41) is 13.9. The molecule has 4 heteroatoms. The zero-order chi connectivity index (χ0) is 12.8. The molecule has 1 aliphatic heterocycles. The number of rotatable bonds is 1. The Morgan fingerprint density at radius 1 is 1.11 bits per heavy atom. The van der Waals surface area contributed by atoms with Gasteiger partial charge in [0.05, 0.1) is 0 Å². The highest BCUT2D eigenvalue weighted by molar-refractivity contribution is 6.31. The van der Waals surface area contributed by atoms with Crippen molar-refractivity contribution >= 4 is 23.2 Å². The average molecular weight is 260 g/mol. The Morgan fingerprint density at radius 2 is 1.83 bits per heavy atom. The first-order valence-electron chi connectivity index (χ1n) is 5.52. The Kier molecular flexibility index (Phi) is 2.40. The fourth-order valence-electron chi connectivity index (χ4n) is 2.23. The van der Waals surface area contributed by atoms with Crippen molar-refractivity contribution in [3.05, 3.63) is 64.7 Å². The average Bonchev–Trinajstić information content (AvgIpc) is 2.64. The zero-order valence-corrected chi connectivity index (χ0v) is 10.1. The molecule has 1 atom stereocenters. The van der Waals surface area contributed by atoms with Crippen LogP contribution < -0.4 is 5.32 Å². The molecule has 18 heavy (non-hydrogen) atoms. The van der Waals surface area contributed by atoms with Crippen molar-refractivity contribution in [1.29, 1.82) is 0 Å². The number of aliphatic hydroxyl groups is 1. The summed E-state index contributed by atoms with van der Waals surface area (Å²) in [6, 6.07) is 13.8. The standard InChI is InChI=1S/C14H10ClNO2/c15-10-6-7-12-11(8-10)14(18,13(17)16-12)9-4-2-1-3-5-9/h1-8,18H,(H,16,17)/t14-/m0/s1. The Bertz CT molecular complexity index is 627. The highest BCUT2D eigenvalue weighted by Crippen LogP contribution is 2.41. The SMILES string of the molecule is O=C1Nc2ccc(Cl)cc2[C@@]1(O)c1ccccc1. The van der Waals surface area contributed by atoms with Crippen LogP contribution in [-0.4, -0.2) is 11.0 Å². The number of fused-ring (bicyclic) bond motifs is 1. The van der Waals surface area contributed by atoms with Gasteiger partial charge < -0.3 is 10.4 Å². The second-order valence-electron chi connectivity index (χ2n) is 4.22. The van der Waals surface area contributed by atoms with Gasteiger partial charge in [0.1, 0.15) is 0 Å². The van der Waals surface area contributed by atoms with E-state index in [-0.39, 0.29) is 0 Å². The minimum atomic E-state index is -1.67. The van der Waals surface area contributed by atoms with E-state index in [1.54, 1.807) is 42.5 Å². The summed E-state index contributed by atoms with van der Waals surface area (Å²) in [6.45, 7) is 0. The van der Waals surface area contributed by atoms with E-state index in [0.29, 0.717) is 21.8 Å². The van der Waals surface area contributed by atoms with E-state index in [1.807, 2.05) is 6.07 Å². The van der Waals surface area contributed by atoms with Crippen LogP contribution in [0.15, 0.2) is 48.5 Å². The first kappa shape index (κ1) is 11.3. The van der Waals surface area contributed by atoms with Crippen LogP contribution in [0.2, 0.25) is 5.02 Å². The van der Waals surface area contributed by atoms with Gasteiger partial charge in [0.2, 0.25) is 0 Å². The van der Waals surface area contributed by atoms with Gasteiger partial charge in [-0.05, 0) is 23.8 Å². The maximum atomic E-state index is 12.1. The summed E-state index contributed by atoms with van der Waals surface area (Å²) >= 11 is 5.94. The van der Waals surface area contributed by atoms with E-state index < -0.39 is 11.5 Å². The lowest BCUT2D eigenvalue weighted by Gasteiger charge is -2.21. The maximum Gasteiger partial charge on any atom is 0.265 e. The van der Waals surface area contributed by atoms with Crippen LogP contribution in [0, 0.1) is 0 Å². The zero-order valence-electron chi connectivity index (χ0n) is 9.35. The molecule has 0 aromatic heterocycles. The van der Waals surface area contributed by atoms with E-state index in [2.05, 4.69) is 5.32 Å². The van der Waals surface area contributed by atoms with Crippen molar-refractivity contribution < 1.29 is 9.90 Å². The monoisotopic (exact) mass is 259 g/mol. The maximum absolute atomic E-state index is 12.1. The molecule has 1 amide bonds. The van der Waals surface area contributed by atoms with Crippen LogP contribution in [0.25, 0.3) is 0 Å². The number of halogens is 1. The molecule has 0 spiro atoms. The van der Waals surface area contributed by atoms with Gasteiger partial charge in [-0.2, -0.15) is 0 Å². The quantitative estimate of drug-likeness (QED) is 0.827. The largest absolute Gasteiger partial charge is 0.372 e. The van der Waals surface area contributed by atoms with Crippen molar-refractivity contribution in [3.63, 3.8) is 0 Å². The highest BCUT2D eigenvalue weighted by Gasteiger charge is 2.46. The van der Waals surface area contributed by atoms with Crippen LogP contribution in [-0.2, 0) is 10.4 Å². The van der Waals surface area contributed by atoms with Gasteiger partial charge in [0.15, 0.2) is 5.60 Å². The van der Waals surface area contributed by atoms with Gasteiger partial charge in [-0.15, -0.1) is 0 Å². The molecule has 2 aromatic carbocycles. The summed E-state index contributed by atoms with van der Waals surface area (Å²) in [5.41, 5.74) is -0.0490. The number of nitrogens with one attached hydrogen (secondary N) is 1. The van der Waals surface area contributed by atoms with Crippen molar-refractivity contribution in [2.75, 3.05) is 5.32 Å². The molecule has 0 aliphatic carbocycles. The first-order valence-corrected chi connectivity index (χ1v) is 5.89. The predicted molar refractivity (Wildman–Crippen MR) is 69.5 cm³/mol. The summed E-state index contributed by atoms with van der Waals surface area (Å²) < 4.78 is 0. The van der Waals surface area contributed by atoms with Gasteiger partial charge >= 0.3 is 0 Å². The number of carbonyl (C=O) groups excluding carboxylic acids is 1. The fourth-order valence-corrected chi connectivity index (χ4v) is 2.40. The second kappa shape index (κ2) is 3.83. The molecule has 2 aromatic rings. The number of amides is 1. The third kappa shape index (κ3) is 1.45. The second-order valence-corrected chi connectivity index (χ2v) is 4.66. The van der Waals surface area contributed by atoms with Gasteiger partial charge in [-0.1, -0.05) is 41.9 Å². The number of benzene rings is 2. The van der Waals surface area contributed by atoms with Crippen LogP contribution >= 0.6 is 11.6 Å². The van der Waals surface area contributed by atoms with Crippen molar-refractivity contribution in [2.24, 2.45) is 0 Å². The predicted octanol–water partition coefficient (Wildman–Crippen LogP) is 2.53. The number of carbonyl (C=O) groups is 1. The molecule has 3 rings (SSSR count). The third-order valence-corrected chi connectivity index (χ3v) is 3.37. The molecule has 3 nitrogen and oxygen atoms in total. The minimum Gasteiger partial charge on any atom is -0.372 e. The molecule has 1 heterocycles. The van der Waals surface area contributed by atoms with Gasteiger partial charge in [-0.25, -0.2) is 0 Å². The highest BCUT2D eigenvalue weighted by atomic mass is 35.5. The van der Waals surface area contributed by atoms with Gasteiger partial charge in [0, 0.05) is 16.3 Å². The molecule has 0 saturated carbocycles. The van der Waals surface area contributed by atoms with Crippen molar-refractivity contribution in [1.82, 2.24) is 0 Å². The fraction of sp³-hybridized carbons (Fsp3) is 0.0714. The molecular weight excluding hydrogens is 250 g/mol. The lowest BCUT2D eigenvalue weighted by atomic mass is 9.88. The van der Waals surface area contributed by atoms with E-state index in [4.69, 9.17) is 11.6 Å². The Labute approximate surface area is 109 Å². The van der Waals surface area contributed by atoms with Crippen LogP contribution in [0.5, 0.6) is 0 Å². The molecule has 0 radical (unpaired) electrons. The smallest absolute Gasteiger partial charge is 0.265 e. The van der Waals surface area contributed by atoms with E-state index in [9.17, 15) is 9.90 Å².